The van der Waals surface area contributed by atoms with Crippen LogP contribution in [0.3, 0.4) is 0 Å². The van der Waals surface area contributed by atoms with Crippen LogP contribution in [0.2, 0.25) is 0 Å². The van der Waals surface area contributed by atoms with Crippen LogP contribution in [-0.4, -0.2) is 43.6 Å². The average molecular weight is 335 g/mol. The first-order valence-electron chi connectivity index (χ1n) is 8.42. The Morgan fingerprint density at radius 1 is 1.42 bits per heavy atom. The summed E-state index contributed by atoms with van der Waals surface area (Å²) in [7, 11) is 1.73. The van der Waals surface area contributed by atoms with Crippen molar-refractivity contribution in [3.8, 4) is 0 Å². The average Bonchev–Trinajstić information content (AvgIpc) is 2.59. The molecule has 0 atom stereocenters. The van der Waals surface area contributed by atoms with Gasteiger partial charge in [-0.1, -0.05) is 12.1 Å². The molecule has 1 aromatic rings. The second kappa shape index (κ2) is 8.66. The molecule has 0 bridgehead atoms. The van der Waals surface area contributed by atoms with E-state index in [2.05, 4.69) is 15.2 Å². The summed E-state index contributed by atoms with van der Waals surface area (Å²) in [5, 5.41) is 3.26. The molecule has 1 fully saturated rings. The van der Waals surface area contributed by atoms with E-state index in [4.69, 9.17) is 4.74 Å². The van der Waals surface area contributed by atoms with Crippen LogP contribution in [0.4, 0.5) is 4.39 Å². The van der Waals surface area contributed by atoms with Crippen molar-refractivity contribution in [3.63, 3.8) is 0 Å². The number of hydrogen-bond acceptors (Lipinski definition) is 3. The van der Waals surface area contributed by atoms with Gasteiger partial charge < -0.3 is 15.0 Å². The first-order valence-corrected chi connectivity index (χ1v) is 8.42. The monoisotopic (exact) mass is 335 g/mol. The van der Waals surface area contributed by atoms with Crippen LogP contribution in [0.15, 0.2) is 23.2 Å². The molecule has 1 heterocycles. The van der Waals surface area contributed by atoms with Crippen molar-refractivity contribution in [2.75, 3.05) is 26.7 Å². The number of nitrogens with zero attached hydrogens (tertiary/aromatic N) is 2. The molecule has 132 valence electrons. The Labute approximate surface area is 142 Å². The van der Waals surface area contributed by atoms with Gasteiger partial charge in [-0.2, -0.15) is 0 Å². The van der Waals surface area contributed by atoms with Gasteiger partial charge in [0.1, 0.15) is 5.82 Å². The lowest BCUT2D eigenvalue weighted by Crippen LogP contribution is -2.46. The van der Waals surface area contributed by atoms with E-state index in [0.717, 1.165) is 37.5 Å². The lowest BCUT2D eigenvalue weighted by molar-refractivity contribution is -0.149. The molecule has 1 saturated heterocycles. The molecule has 24 heavy (non-hydrogen) atoms. The summed E-state index contributed by atoms with van der Waals surface area (Å²) in [4.78, 5) is 18.2. The number of aryl methyl sites for hydroxylation is 1. The highest BCUT2D eigenvalue weighted by atomic mass is 19.1. The molecule has 0 radical (unpaired) electrons. The number of carbonyl (C=O) groups is 1. The molecule has 0 spiro atoms. The maximum Gasteiger partial charge on any atom is 0.309 e. The van der Waals surface area contributed by atoms with Crippen molar-refractivity contribution in [2.45, 2.75) is 33.2 Å². The van der Waals surface area contributed by atoms with E-state index in [1.807, 2.05) is 13.0 Å². The van der Waals surface area contributed by atoms with Gasteiger partial charge in [-0.05, 0) is 43.9 Å². The van der Waals surface area contributed by atoms with Crippen molar-refractivity contribution in [3.05, 3.63) is 35.1 Å². The van der Waals surface area contributed by atoms with Crippen LogP contribution in [0.1, 0.15) is 30.9 Å². The second-order valence-electron chi connectivity index (χ2n) is 6.00. The van der Waals surface area contributed by atoms with Crippen molar-refractivity contribution in [1.82, 2.24) is 10.2 Å². The van der Waals surface area contributed by atoms with Crippen molar-refractivity contribution in [1.29, 1.82) is 0 Å². The molecule has 5 nitrogen and oxygen atoms in total. The predicted molar refractivity (Wildman–Crippen MR) is 92.3 cm³/mol. The van der Waals surface area contributed by atoms with E-state index in [1.165, 1.54) is 0 Å². The number of aliphatic imine (C=N–C) groups is 1. The minimum Gasteiger partial charge on any atom is -0.466 e. The summed E-state index contributed by atoms with van der Waals surface area (Å²) in [6.07, 6.45) is 1.53. The number of carbonyl (C=O) groups excluding carboxylic acids is 1. The first kappa shape index (κ1) is 18.2. The van der Waals surface area contributed by atoms with Gasteiger partial charge in [0.15, 0.2) is 5.96 Å². The molecule has 1 N–H and O–H groups in total. The lowest BCUT2D eigenvalue weighted by atomic mass is 9.97. The smallest absolute Gasteiger partial charge is 0.309 e. The topological polar surface area (TPSA) is 53.9 Å². The Hall–Kier alpha value is -2.11. The zero-order valence-electron chi connectivity index (χ0n) is 14.6. The van der Waals surface area contributed by atoms with Crippen molar-refractivity contribution in [2.24, 2.45) is 10.9 Å². The summed E-state index contributed by atoms with van der Waals surface area (Å²) < 4.78 is 18.7. The first-order chi connectivity index (χ1) is 11.5. The van der Waals surface area contributed by atoms with Crippen LogP contribution >= 0.6 is 0 Å². The largest absolute Gasteiger partial charge is 0.466 e. The summed E-state index contributed by atoms with van der Waals surface area (Å²) in [5.41, 5.74) is 1.52. The van der Waals surface area contributed by atoms with Gasteiger partial charge >= 0.3 is 5.97 Å². The van der Waals surface area contributed by atoms with Crippen LogP contribution in [0, 0.1) is 18.7 Å². The molecule has 0 aromatic heterocycles. The van der Waals surface area contributed by atoms with E-state index in [0.29, 0.717) is 18.7 Å². The van der Waals surface area contributed by atoms with Gasteiger partial charge in [-0.25, -0.2) is 4.39 Å². The Morgan fingerprint density at radius 3 is 2.71 bits per heavy atom. The van der Waals surface area contributed by atoms with Crippen LogP contribution in [-0.2, 0) is 16.1 Å². The number of benzene rings is 1. The minimum absolute atomic E-state index is 0.0227. The van der Waals surface area contributed by atoms with Crippen LogP contribution < -0.4 is 5.32 Å². The number of esters is 1. The molecule has 1 aliphatic heterocycles. The summed E-state index contributed by atoms with van der Waals surface area (Å²) in [6.45, 7) is 6.03. The Kier molecular flexibility index (Phi) is 6.58. The molecular weight excluding hydrogens is 309 g/mol. The van der Waals surface area contributed by atoms with E-state index in [-0.39, 0.29) is 17.7 Å². The number of hydrogen-bond donors (Lipinski definition) is 1. The predicted octanol–water partition coefficient (Wildman–Crippen LogP) is 2.48. The second-order valence-corrected chi connectivity index (χ2v) is 6.00. The normalized spacial score (nSPS) is 16.2. The van der Waals surface area contributed by atoms with E-state index in [9.17, 15) is 9.18 Å². The number of nitrogens with one attached hydrogen (secondary N) is 1. The molecular formula is C18H26FN3O2. The zero-order chi connectivity index (χ0) is 17.5. The van der Waals surface area contributed by atoms with Crippen LogP contribution in [0.5, 0.6) is 0 Å². The third kappa shape index (κ3) is 4.69. The lowest BCUT2D eigenvalue weighted by Gasteiger charge is -2.33. The Morgan fingerprint density at radius 2 is 2.12 bits per heavy atom. The van der Waals surface area contributed by atoms with E-state index in [1.54, 1.807) is 26.1 Å². The zero-order valence-corrected chi connectivity index (χ0v) is 14.6. The summed E-state index contributed by atoms with van der Waals surface area (Å²) >= 11 is 0. The Balaban J connectivity index is 1.86. The fourth-order valence-corrected chi connectivity index (χ4v) is 2.85. The summed E-state index contributed by atoms with van der Waals surface area (Å²) in [6, 6.07) is 5.23. The fraction of sp³-hybridized carbons (Fsp3) is 0.556. The Bertz CT molecular complexity index is 596. The van der Waals surface area contributed by atoms with E-state index >= 15 is 0 Å². The van der Waals surface area contributed by atoms with Gasteiger partial charge in [0, 0.05) is 26.7 Å². The maximum atomic E-state index is 13.6. The number of ether oxygens (including phenoxy) is 1. The van der Waals surface area contributed by atoms with Crippen molar-refractivity contribution >= 4 is 11.9 Å². The molecule has 2 rings (SSSR count). The van der Waals surface area contributed by atoms with Gasteiger partial charge in [-0.15, -0.1) is 0 Å². The van der Waals surface area contributed by atoms with Crippen molar-refractivity contribution < 1.29 is 13.9 Å². The van der Waals surface area contributed by atoms with E-state index < -0.39 is 0 Å². The highest BCUT2D eigenvalue weighted by Crippen LogP contribution is 2.19. The third-order valence-corrected chi connectivity index (χ3v) is 4.31. The quantitative estimate of drug-likeness (QED) is 0.522. The number of halogens is 1. The third-order valence-electron chi connectivity index (χ3n) is 4.31. The van der Waals surface area contributed by atoms with Gasteiger partial charge in [0.25, 0.3) is 0 Å². The molecule has 1 aliphatic rings. The number of piperidine rings is 1. The number of rotatable bonds is 4. The fourth-order valence-electron chi connectivity index (χ4n) is 2.85. The molecule has 0 unspecified atom stereocenters. The maximum absolute atomic E-state index is 13.6. The molecule has 6 heteroatoms. The SMILES string of the molecule is CCOC(=O)C1CCN(C(=NC)NCc2ccc(C)c(F)c2)CC1. The minimum atomic E-state index is -0.195. The summed E-state index contributed by atoms with van der Waals surface area (Å²) in [5.74, 6) is 0.457. The highest BCUT2D eigenvalue weighted by Gasteiger charge is 2.27. The van der Waals surface area contributed by atoms with Gasteiger partial charge in [0.05, 0.1) is 12.5 Å². The van der Waals surface area contributed by atoms with Gasteiger partial charge in [-0.3, -0.25) is 9.79 Å². The standard InChI is InChI=1S/C18H26FN3O2/c1-4-24-17(23)15-7-9-22(10-8-15)18(20-3)21-12-14-6-5-13(2)16(19)11-14/h5-6,11,15H,4,7-10,12H2,1-3H3,(H,20,21). The molecule has 0 saturated carbocycles. The molecule has 0 amide bonds. The highest BCUT2D eigenvalue weighted by molar-refractivity contribution is 5.80. The molecule has 0 aliphatic carbocycles. The molecule has 1 aromatic carbocycles. The van der Waals surface area contributed by atoms with Crippen LogP contribution in [0.25, 0.3) is 0 Å². The number of likely N-dealkylation sites (tertiary alicyclic amines) is 1. The van der Waals surface area contributed by atoms with Gasteiger partial charge in [0.2, 0.25) is 0 Å². The number of guanidine groups is 1.